The van der Waals surface area contributed by atoms with Crippen molar-refractivity contribution >= 4 is 29.1 Å². The average molecular weight is 471 g/mol. The summed E-state index contributed by atoms with van der Waals surface area (Å²) in [6.45, 7) is 5.78. The fraction of sp³-hybridized carbons (Fsp3) is 0.214. The number of carbonyl (C=O) groups is 3. The van der Waals surface area contributed by atoms with Crippen molar-refractivity contribution in [2.75, 3.05) is 11.5 Å². The lowest BCUT2D eigenvalue weighted by molar-refractivity contribution is -0.142. The van der Waals surface area contributed by atoms with Crippen molar-refractivity contribution in [3.63, 3.8) is 0 Å². The van der Waals surface area contributed by atoms with Gasteiger partial charge in [-0.05, 0) is 61.7 Å². The van der Waals surface area contributed by atoms with Crippen molar-refractivity contribution in [3.05, 3.63) is 100 Å². The summed E-state index contributed by atoms with van der Waals surface area (Å²) >= 11 is 0. The Morgan fingerprint density at radius 2 is 1.83 bits per heavy atom. The maximum atomic E-state index is 13.3. The van der Waals surface area contributed by atoms with E-state index in [2.05, 4.69) is 4.98 Å². The average Bonchev–Trinajstić information content (AvgIpc) is 3.12. The number of nitrogens with zero attached hydrogens (tertiary/aromatic N) is 2. The van der Waals surface area contributed by atoms with Crippen molar-refractivity contribution in [1.82, 2.24) is 4.98 Å². The van der Waals surface area contributed by atoms with Gasteiger partial charge in [-0.2, -0.15) is 0 Å². The van der Waals surface area contributed by atoms with E-state index in [0.29, 0.717) is 23.4 Å². The van der Waals surface area contributed by atoms with E-state index >= 15 is 0 Å². The Balaban J connectivity index is 1.82. The highest BCUT2D eigenvalue weighted by molar-refractivity contribution is 6.51. The van der Waals surface area contributed by atoms with Crippen LogP contribution in [0.5, 0.6) is 0 Å². The number of aliphatic hydroxyl groups excluding tert-OH is 1. The molecule has 0 spiro atoms. The van der Waals surface area contributed by atoms with Gasteiger partial charge in [-0.1, -0.05) is 35.9 Å². The van der Waals surface area contributed by atoms with E-state index in [1.165, 1.54) is 4.90 Å². The molecule has 2 aromatic carbocycles. The van der Waals surface area contributed by atoms with Gasteiger partial charge in [0.15, 0.2) is 0 Å². The van der Waals surface area contributed by atoms with Crippen LogP contribution in [0.4, 0.5) is 5.69 Å². The molecular formula is C28H26N2O5. The number of pyridine rings is 1. The molecule has 1 N–H and O–H groups in total. The van der Waals surface area contributed by atoms with Gasteiger partial charge in [0.1, 0.15) is 5.76 Å². The SMILES string of the molecule is CCOC(=O)Cc1ccc(N2C(=O)C(=O)/C(=C(/O)c3cc(C)ccc3C)C2c2cccnc2)cc1. The van der Waals surface area contributed by atoms with Crippen LogP contribution in [0.2, 0.25) is 0 Å². The number of aryl methyl sites for hydroxylation is 2. The second kappa shape index (κ2) is 9.93. The van der Waals surface area contributed by atoms with Crippen molar-refractivity contribution in [2.24, 2.45) is 0 Å². The molecule has 1 saturated heterocycles. The van der Waals surface area contributed by atoms with Gasteiger partial charge in [0.2, 0.25) is 0 Å². The number of aliphatic hydroxyl groups is 1. The molecule has 1 aliphatic heterocycles. The van der Waals surface area contributed by atoms with Crippen LogP contribution in [0.25, 0.3) is 5.76 Å². The number of ketones is 1. The Hall–Kier alpha value is -4.26. The van der Waals surface area contributed by atoms with Gasteiger partial charge in [-0.3, -0.25) is 24.3 Å². The van der Waals surface area contributed by atoms with Crippen LogP contribution in [-0.4, -0.2) is 34.4 Å². The number of Topliss-reactive ketones (excluding diaryl/α,β-unsaturated/α-hetero) is 1. The molecular weight excluding hydrogens is 444 g/mol. The van der Waals surface area contributed by atoms with Crippen molar-refractivity contribution < 1.29 is 24.2 Å². The summed E-state index contributed by atoms with van der Waals surface area (Å²) in [6.07, 6.45) is 3.28. The molecule has 1 unspecified atom stereocenters. The Morgan fingerprint density at radius 3 is 2.49 bits per heavy atom. The number of ether oxygens (including phenoxy) is 1. The summed E-state index contributed by atoms with van der Waals surface area (Å²) in [7, 11) is 0. The molecule has 0 radical (unpaired) electrons. The number of anilines is 1. The topological polar surface area (TPSA) is 96.8 Å². The maximum absolute atomic E-state index is 13.3. The van der Waals surface area contributed by atoms with Gasteiger partial charge < -0.3 is 9.84 Å². The third kappa shape index (κ3) is 4.71. The molecule has 7 nitrogen and oxygen atoms in total. The van der Waals surface area contributed by atoms with Crippen LogP contribution < -0.4 is 4.90 Å². The van der Waals surface area contributed by atoms with Crippen LogP contribution >= 0.6 is 0 Å². The zero-order valence-electron chi connectivity index (χ0n) is 19.8. The van der Waals surface area contributed by atoms with E-state index in [1.54, 1.807) is 61.8 Å². The van der Waals surface area contributed by atoms with Gasteiger partial charge in [0, 0.05) is 23.6 Å². The summed E-state index contributed by atoms with van der Waals surface area (Å²) in [5, 5.41) is 11.3. The van der Waals surface area contributed by atoms with Crippen LogP contribution in [0, 0.1) is 13.8 Å². The zero-order chi connectivity index (χ0) is 25.1. The summed E-state index contributed by atoms with van der Waals surface area (Å²) in [5.41, 5.74) is 3.99. The van der Waals surface area contributed by atoms with Gasteiger partial charge in [0.25, 0.3) is 11.7 Å². The minimum absolute atomic E-state index is 0.00676. The number of hydrogen-bond acceptors (Lipinski definition) is 6. The summed E-state index contributed by atoms with van der Waals surface area (Å²) < 4.78 is 4.99. The first-order valence-corrected chi connectivity index (χ1v) is 11.3. The lowest BCUT2D eigenvalue weighted by atomic mass is 9.94. The number of rotatable bonds is 6. The molecule has 4 rings (SSSR count). The number of hydrogen-bond donors (Lipinski definition) is 1. The normalized spacial score (nSPS) is 17.0. The molecule has 0 bridgehead atoms. The molecule has 7 heteroatoms. The van der Waals surface area contributed by atoms with Crippen molar-refractivity contribution in [1.29, 1.82) is 0 Å². The summed E-state index contributed by atoms with van der Waals surface area (Å²) in [6, 6.07) is 15.0. The highest BCUT2D eigenvalue weighted by Gasteiger charge is 2.47. The number of aromatic nitrogens is 1. The van der Waals surface area contributed by atoms with E-state index in [4.69, 9.17) is 4.74 Å². The van der Waals surface area contributed by atoms with Crippen molar-refractivity contribution in [2.45, 2.75) is 33.2 Å². The summed E-state index contributed by atoms with van der Waals surface area (Å²) in [4.78, 5) is 43.9. The fourth-order valence-electron chi connectivity index (χ4n) is 4.24. The van der Waals surface area contributed by atoms with Crippen LogP contribution in [-0.2, 0) is 25.5 Å². The molecule has 35 heavy (non-hydrogen) atoms. The maximum Gasteiger partial charge on any atom is 0.310 e. The second-order valence-electron chi connectivity index (χ2n) is 8.42. The Kier molecular flexibility index (Phi) is 6.78. The van der Waals surface area contributed by atoms with Crippen LogP contribution in [0.1, 0.15) is 40.8 Å². The number of esters is 1. The Labute approximate surface area is 203 Å². The zero-order valence-corrected chi connectivity index (χ0v) is 19.8. The Bertz CT molecular complexity index is 1310. The molecule has 3 aromatic rings. The van der Waals surface area contributed by atoms with E-state index in [1.807, 2.05) is 26.0 Å². The highest BCUT2D eigenvalue weighted by Crippen LogP contribution is 2.42. The molecule has 1 fully saturated rings. The molecule has 1 aromatic heterocycles. The van der Waals surface area contributed by atoms with E-state index < -0.39 is 17.7 Å². The third-order valence-electron chi connectivity index (χ3n) is 5.96. The predicted octanol–water partition coefficient (Wildman–Crippen LogP) is 4.43. The van der Waals surface area contributed by atoms with Gasteiger partial charge >= 0.3 is 5.97 Å². The highest BCUT2D eigenvalue weighted by atomic mass is 16.5. The predicted molar refractivity (Wildman–Crippen MR) is 132 cm³/mol. The van der Waals surface area contributed by atoms with Crippen LogP contribution in [0.3, 0.4) is 0 Å². The fourth-order valence-corrected chi connectivity index (χ4v) is 4.24. The number of benzene rings is 2. The number of carbonyl (C=O) groups excluding carboxylic acids is 3. The molecule has 1 amide bonds. The van der Waals surface area contributed by atoms with Gasteiger partial charge in [0.05, 0.1) is 24.6 Å². The second-order valence-corrected chi connectivity index (χ2v) is 8.42. The first-order chi connectivity index (χ1) is 16.8. The first-order valence-electron chi connectivity index (χ1n) is 11.3. The van der Waals surface area contributed by atoms with Crippen LogP contribution in [0.15, 0.2) is 72.6 Å². The lowest BCUT2D eigenvalue weighted by Gasteiger charge is -2.25. The molecule has 0 saturated carbocycles. The van der Waals surface area contributed by atoms with E-state index in [0.717, 1.165) is 16.7 Å². The smallest absolute Gasteiger partial charge is 0.310 e. The number of amides is 1. The molecule has 1 aliphatic rings. The third-order valence-corrected chi connectivity index (χ3v) is 5.96. The monoisotopic (exact) mass is 470 g/mol. The first kappa shape index (κ1) is 23.9. The minimum atomic E-state index is -0.862. The quantitative estimate of drug-likeness (QED) is 0.248. The summed E-state index contributed by atoms with van der Waals surface area (Å²) in [5.74, 6) is -2.08. The minimum Gasteiger partial charge on any atom is -0.507 e. The lowest BCUT2D eigenvalue weighted by Crippen LogP contribution is -2.29. The largest absolute Gasteiger partial charge is 0.507 e. The van der Waals surface area contributed by atoms with Gasteiger partial charge in [-0.15, -0.1) is 0 Å². The molecule has 0 aliphatic carbocycles. The standard InChI is InChI=1S/C28H26N2O5/c1-4-35-23(31)15-19-9-11-21(12-10-19)30-25(20-6-5-13-29-16-20)24(27(33)28(30)34)26(32)22-14-17(2)7-8-18(22)3/h5-14,16,25,32H,4,15H2,1-3H3/b26-24+. The molecule has 178 valence electrons. The Morgan fingerprint density at radius 1 is 1.09 bits per heavy atom. The molecule has 1 atom stereocenters. The van der Waals surface area contributed by atoms with E-state index in [-0.39, 0.29) is 23.7 Å². The van der Waals surface area contributed by atoms with Crippen molar-refractivity contribution in [3.8, 4) is 0 Å². The molecule has 2 heterocycles. The van der Waals surface area contributed by atoms with Gasteiger partial charge in [-0.25, -0.2) is 0 Å². The van der Waals surface area contributed by atoms with E-state index in [9.17, 15) is 19.5 Å².